The number of carbonyl (C=O) groups is 1. The number of esters is 1. The summed E-state index contributed by atoms with van der Waals surface area (Å²) in [4.78, 5) is 11.5. The van der Waals surface area contributed by atoms with E-state index in [-0.39, 0.29) is 5.97 Å². The molecule has 1 rings (SSSR count). The van der Waals surface area contributed by atoms with E-state index in [1.54, 1.807) is 13.0 Å². The lowest BCUT2D eigenvalue weighted by Crippen LogP contribution is -2.08. The molecule has 0 unspecified atom stereocenters. The third-order valence-corrected chi connectivity index (χ3v) is 4.89. The van der Waals surface area contributed by atoms with Crippen molar-refractivity contribution < 1.29 is 9.53 Å². The maximum Gasteiger partial charge on any atom is 0.340 e. The summed E-state index contributed by atoms with van der Waals surface area (Å²) >= 11 is 10.2. The lowest BCUT2D eigenvalue weighted by molar-refractivity contribution is 0.0525. The minimum atomic E-state index is -0.361. The molecule has 0 aliphatic carbocycles. The fourth-order valence-electron chi connectivity index (χ4n) is 0.917. The summed E-state index contributed by atoms with van der Waals surface area (Å²) < 4.78 is 6.75. The molecule has 14 heavy (non-hydrogen) atoms. The second kappa shape index (κ2) is 5.50. The van der Waals surface area contributed by atoms with Crippen LogP contribution in [0, 0.1) is 7.14 Å². The zero-order valence-corrected chi connectivity index (χ0v) is 12.4. The fourth-order valence-corrected chi connectivity index (χ4v) is 2.45. The Balaban J connectivity index is 3.18. The van der Waals surface area contributed by atoms with Crippen LogP contribution in [-0.2, 0) is 4.74 Å². The summed E-state index contributed by atoms with van der Waals surface area (Å²) in [6.45, 7) is 2.13. The average Bonchev–Trinajstić information content (AvgIpc) is 2.13. The Hall–Kier alpha value is 0.440. The van der Waals surface area contributed by atoms with Crippen molar-refractivity contribution in [2.45, 2.75) is 6.92 Å². The van der Waals surface area contributed by atoms with Gasteiger partial charge < -0.3 is 4.74 Å². The van der Waals surface area contributed by atoms with E-state index in [1.165, 1.54) is 0 Å². The third kappa shape index (κ3) is 2.73. The molecule has 0 saturated carbocycles. The number of hydrogen-bond donors (Lipinski definition) is 0. The van der Waals surface area contributed by atoms with E-state index >= 15 is 0 Å². The Morgan fingerprint density at radius 3 is 2.71 bits per heavy atom. The molecule has 2 nitrogen and oxygen atoms in total. The van der Waals surface area contributed by atoms with Crippen LogP contribution >= 0.6 is 56.8 Å². The van der Waals surface area contributed by atoms with Crippen LogP contribution < -0.4 is 0 Å². The number of rotatable bonds is 2. The van der Waals surface area contributed by atoms with Gasteiger partial charge in [0.1, 0.15) is 0 Å². The van der Waals surface area contributed by atoms with Gasteiger partial charge in [-0.1, -0.05) is 11.6 Å². The van der Waals surface area contributed by atoms with Gasteiger partial charge in [0.2, 0.25) is 0 Å². The Labute approximate surface area is 115 Å². The van der Waals surface area contributed by atoms with E-state index < -0.39 is 0 Å². The number of benzene rings is 1. The van der Waals surface area contributed by atoms with Crippen LogP contribution in [0.1, 0.15) is 17.3 Å². The predicted octanol–water partition coefficient (Wildman–Crippen LogP) is 3.73. The molecular weight excluding hydrogens is 429 g/mol. The first kappa shape index (κ1) is 12.5. The van der Waals surface area contributed by atoms with E-state index in [2.05, 4.69) is 45.2 Å². The highest BCUT2D eigenvalue weighted by atomic mass is 127. The van der Waals surface area contributed by atoms with Crippen molar-refractivity contribution in [2.24, 2.45) is 0 Å². The molecule has 0 aromatic heterocycles. The molecule has 0 bridgehead atoms. The summed E-state index contributed by atoms with van der Waals surface area (Å²) in [5.41, 5.74) is 0.459. The molecule has 0 radical (unpaired) electrons. The van der Waals surface area contributed by atoms with Crippen LogP contribution in [0.25, 0.3) is 0 Å². The largest absolute Gasteiger partial charge is 0.462 e. The lowest BCUT2D eigenvalue weighted by atomic mass is 10.2. The molecule has 0 spiro atoms. The summed E-state index contributed by atoms with van der Waals surface area (Å²) in [6, 6.07) is 3.57. The molecule has 0 aliphatic heterocycles. The maximum atomic E-state index is 11.5. The summed E-state index contributed by atoms with van der Waals surface area (Å²) in [6.07, 6.45) is 0. The first-order chi connectivity index (χ1) is 6.57. The topological polar surface area (TPSA) is 26.3 Å². The van der Waals surface area contributed by atoms with Gasteiger partial charge in [-0.3, -0.25) is 0 Å². The molecule has 0 aliphatic rings. The summed E-state index contributed by atoms with van der Waals surface area (Å²) in [7, 11) is 0. The molecule has 0 fully saturated rings. The minimum Gasteiger partial charge on any atom is -0.462 e. The van der Waals surface area contributed by atoms with E-state index in [9.17, 15) is 4.79 Å². The van der Waals surface area contributed by atoms with Crippen molar-refractivity contribution in [1.82, 2.24) is 0 Å². The number of halogens is 3. The van der Waals surface area contributed by atoms with Crippen molar-refractivity contribution in [3.8, 4) is 0 Å². The Bertz CT molecular complexity index is 366. The quantitative estimate of drug-likeness (QED) is 0.401. The van der Waals surface area contributed by atoms with Crippen molar-refractivity contribution in [3.63, 3.8) is 0 Å². The predicted molar refractivity (Wildman–Crippen MR) is 72.8 cm³/mol. The first-order valence-corrected chi connectivity index (χ1v) is 6.42. The van der Waals surface area contributed by atoms with Gasteiger partial charge in [0, 0.05) is 7.14 Å². The van der Waals surface area contributed by atoms with Gasteiger partial charge in [0.25, 0.3) is 0 Å². The highest BCUT2D eigenvalue weighted by Gasteiger charge is 2.17. The first-order valence-electron chi connectivity index (χ1n) is 3.88. The molecule has 1 aromatic rings. The Morgan fingerprint density at radius 1 is 1.50 bits per heavy atom. The van der Waals surface area contributed by atoms with Crippen LogP contribution in [0.15, 0.2) is 12.1 Å². The van der Waals surface area contributed by atoms with E-state index in [4.69, 9.17) is 16.3 Å². The molecule has 0 heterocycles. The zero-order chi connectivity index (χ0) is 10.7. The molecule has 0 N–H and O–H groups in total. The maximum absolute atomic E-state index is 11.5. The SMILES string of the molecule is CCOC(=O)c1c(Cl)ccc(I)c1I. The van der Waals surface area contributed by atoms with Crippen LogP contribution in [0.5, 0.6) is 0 Å². The minimum absolute atomic E-state index is 0.358. The van der Waals surface area contributed by atoms with Gasteiger partial charge in [-0.25, -0.2) is 4.79 Å². The highest BCUT2D eigenvalue weighted by Crippen LogP contribution is 2.26. The molecule has 5 heteroatoms. The molecule has 76 valence electrons. The van der Waals surface area contributed by atoms with Crippen LogP contribution in [0.4, 0.5) is 0 Å². The highest BCUT2D eigenvalue weighted by molar-refractivity contribution is 14.1. The van der Waals surface area contributed by atoms with Crippen molar-refractivity contribution in [3.05, 3.63) is 29.9 Å². The lowest BCUT2D eigenvalue weighted by Gasteiger charge is -2.07. The van der Waals surface area contributed by atoms with Crippen molar-refractivity contribution >= 4 is 62.8 Å². The van der Waals surface area contributed by atoms with Crippen LogP contribution in [-0.4, -0.2) is 12.6 Å². The number of ether oxygens (including phenoxy) is 1. The molecular formula is C9H7ClI2O2. The van der Waals surface area contributed by atoms with Gasteiger partial charge in [0.05, 0.1) is 17.2 Å². The van der Waals surface area contributed by atoms with E-state index in [1.807, 2.05) is 6.07 Å². The smallest absolute Gasteiger partial charge is 0.340 e. The van der Waals surface area contributed by atoms with Gasteiger partial charge in [-0.2, -0.15) is 0 Å². The Kier molecular flexibility index (Phi) is 4.92. The third-order valence-electron chi connectivity index (χ3n) is 1.52. The monoisotopic (exact) mass is 436 g/mol. The summed E-state index contributed by atoms with van der Waals surface area (Å²) in [5, 5.41) is 0.438. The van der Waals surface area contributed by atoms with Gasteiger partial charge in [-0.15, -0.1) is 0 Å². The van der Waals surface area contributed by atoms with Gasteiger partial charge >= 0.3 is 5.97 Å². The number of hydrogen-bond acceptors (Lipinski definition) is 2. The standard InChI is InChI=1S/C9H7ClI2O2/c1-2-14-9(13)7-5(10)3-4-6(11)8(7)12/h3-4H,2H2,1H3. The average molecular weight is 436 g/mol. The summed E-state index contributed by atoms with van der Waals surface area (Å²) in [5.74, 6) is -0.361. The zero-order valence-electron chi connectivity index (χ0n) is 7.31. The van der Waals surface area contributed by atoms with Crippen LogP contribution in [0.3, 0.4) is 0 Å². The Morgan fingerprint density at radius 2 is 2.14 bits per heavy atom. The van der Waals surface area contributed by atoms with Crippen LogP contribution in [0.2, 0.25) is 5.02 Å². The molecule has 0 atom stereocenters. The molecule has 1 aromatic carbocycles. The van der Waals surface area contributed by atoms with Gasteiger partial charge in [0.15, 0.2) is 0 Å². The van der Waals surface area contributed by atoms with E-state index in [0.717, 1.165) is 7.14 Å². The van der Waals surface area contributed by atoms with Crippen molar-refractivity contribution in [2.75, 3.05) is 6.61 Å². The normalized spacial score (nSPS) is 10.0. The molecule has 0 amide bonds. The molecule has 0 saturated heterocycles. The number of carbonyl (C=O) groups excluding carboxylic acids is 1. The van der Waals surface area contributed by atoms with Crippen molar-refractivity contribution in [1.29, 1.82) is 0 Å². The van der Waals surface area contributed by atoms with E-state index in [0.29, 0.717) is 17.2 Å². The van der Waals surface area contributed by atoms with Gasteiger partial charge in [-0.05, 0) is 64.2 Å². The second-order valence-electron chi connectivity index (χ2n) is 2.44. The fraction of sp³-hybridized carbons (Fsp3) is 0.222. The second-order valence-corrected chi connectivity index (χ2v) is 5.09.